The molecular formula is C9H6Cl2I2O2. The van der Waals surface area contributed by atoms with Crippen LogP contribution < -0.4 is 4.74 Å². The highest BCUT2D eigenvalue weighted by Gasteiger charge is 2.11. The van der Waals surface area contributed by atoms with Gasteiger partial charge in [-0.1, -0.05) is 0 Å². The molecule has 0 saturated heterocycles. The molecule has 0 N–H and O–H groups in total. The first-order valence-electron chi connectivity index (χ1n) is 3.94. The number of benzene rings is 1. The third-order valence-corrected chi connectivity index (χ3v) is 3.52. The first kappa shape index (κ1) is 13.8. The Morgan fingerprint density at radius 2 is 1.87 bits per heavy atom. The number of carbonyl (C=O) groups is 1. The summed E-state index contributed by atoms with van der Waals surface area (Å²) in [6, 6.07) is 3.39. The minimum absolute atomic E-state index is 0.433. The summed E-state index contributed by atoms with van der Waals surface area (Å²) in [5, 5.41) is -0.463. The van der Waals surface area contributed by atoms with Crippen LogP contribution >= 0.6 is 68.4 Å². The monoisotopic (exact) mass is 470 g/mol. The summed E-state index contributed by atoms with van der Waals surface area (Å²) in [4.78, 5) is 11.0. The van der Waals surface area contributed by atoms with Gasteiger partial charge in [-0.15, -0.1) is 11.6 Å². The van der Waals surface area contributed by atoms with Crippen LogP contribution in [-0.4, -0.2) is 17.7 Å². The van der Waals surface area contributed by atoms with Crippen molar-refractivity contribution in [3.05, 3.63) is 24.8 Å². The van der Waals surface area contributed by atoms with E-state index in [2.05, 4.69) is 45.2 Å². The summed E-state index contributed by atoms with van der Waals surface area (Å²) < 4.78 is 7.16. The van der Waals surface area contributed by atoms with Gasteiger partial charge < -0.3 is 4.74 Å². The van der Waals surface area contributed by atoms with E-state index < -0.39 is 5.24 Å². The summed E-state index contributed by atoms with van der Waals surface area (Å²) in [6.45, 7) is 0.446. The molecule has 2 nitrogen and oxygen atoms in total. The van der Waals surface area contributed by atoms with E-state index in [1.807, 2.05) is 0 Å². The molecule has 0 atom stereocenters. The van der Waals surface area contributed by atoms with Gasteiger partial charge in [0.15, 0.2) is 0 Å². The molecule has 15 heavy (non-hydrogen) atoms. The normalized spacial score (nSPS) is 10.1. The second kappa shape index (κ2) is 6.46. The van der Waals surface area contributed by atoms with Gasteiger partial charge in [-0.05, 0) is 68.9 Å². The van der Waals surface area contributed by atoms with Crippen LogP contribution in [0.1, 0.15) is 10.4 Å². The second-order valence-corrected chi connectivity index (χ2v) is 5.63. The average Bonchev–Trinajstić information content (AvgIpc) is 2.16. The van der Waals surface area contributed by atoms with E-state index in [1.165, 1.54) is 0 Å². The van der Waals surface area contributed by atoms with Crippen LogP contribution in [0.25, 0.3) is 0 Å². The second-order valence-electron chi connectivity index (χ2n) is 2.58. The molecule has 6 heteroatoms. The Morgan fingerprint density at radius 3 is 2.27 bits per heavy atom. The van der Waals surface area contributed by atoms with Gasteiger partial charge in [0.05, 0.1) is 13.0 Å². The molecule has 82 valence electrons. The van der Waals surface area contributed by atoms with Crippen molar-refractivity contribution < 1.29 is 9.53 Å². The summed E-state index contributed by atoms with van der Waals surface area (Å²) in [5.74, 6) is 1.18. The predicted molar refractivity (Wildman–Crippen MR) is 78.3 cm³/mol. The average molecular weight is 471 g/mol. The highest BCUT2D eigenvalue weighted by molar-refractivity contribution is 14.1. The van der Waals surface area contributed by atoms with Gasteiger partial charge in [0, 0.05) is 5.56 Å². The first-order valence-corrected chi connectivity index (χ1v) is 7.01. The zero-order valence-corrected chi connectivity index (χ0v) is 13.2. The summed E-state index contributed by atoms with van der Waals surface area (Å²) in [5.41, 5.74) is 0.476. The van der Waals surface area contributed by atoms with E-state index in [0.29, 0.717) is 18.1 Å². The molecule has 1 aromatic rings. The largest absolute Gasteiger partial charge is 0.490 e. The Labute approximate surface area is 125 Å². The lowest BCUT2D eigenvalue weighted by Gasteiger charge is -2.09. The molecule has 0 radical (unpaired) electrons. The Balaban J connectivity index is 3.04. The lowest BCUT2D eigenvalue weighted by Crippen LogP contribution is -2.03. The smallest absolute Gasteiger partial charge is 0.252 e. The molecule has 0 aliphatic rings. The van der Waals surface area contributed by atoms with Crippen LogP contribution in [0, 0.1) is 7.14 Å². The van der Waals surface area contributed by atoms with E-state index >= 15 is 0 Å². The predicted octanol–water partition coefficient (Wildman–Crippen LogP) is 3.89. The fourth-order valence-electron chi connectivity index (χ4n) is 0.952. The van der Waals surface area contributed by atoms with Gasteiger partial charge in [0.2, 0.25) is 0 Å². The van der Waals surface area contributed by atoms with Crippen LogP contribution in [0.2, 0.25) is 0 Å². The molecule has 0 aromatic heterocycles. The Morgan fingerprint density at radius 1 is 1.33 bits per heavy atom. The highest BCUT2D eigenvalue weighted by atomic mass is 127. The standard InChI is InChI=1S/C9H6Cl2I2O2/c10-1-2-15-8-6(12)3-5(9(11)14)4-7(8)13/h3-4H,1-2H2. The molecule has 0 fully saturated rings. The highest BCUT2D eigenvalue weighted by Crippen LogP contribution is 2.29. The van der Waals surface area contributed by atoms with E-state index in [0.717, 1.165) is 12.9 Å². The maximum Gasteiger partial charge on any atom is 0.252 e. The van der Waals surface area contributed by atoms with Gasteiger partial charge in [-0.2, -0.15) is 0 Å². The van der Waals surface area contributed by atoms with Crippen LogP contribution in [0.15, 0.2) is 12.1 Å². The van der Waals surface area contributed by atoms with E-state index in [4.69, 9.17) is 27.9 Å². The Hall–Kier alpha value is 0.730. The quantitative estimate of drug-likeness (QED) is 0.379. The van der Waals surface area contributed by atoms with Crippen LogP contribution in [0.5, 0.6) is 5.75 Å². The van der Waals surface area contributed by atoms with Crippen molar-refractivity contribution in [3.8, 4) is 5.75 Å². The molecule has 1 aromatic carbocycles. The molecule has 0 spiro atoms. The van der Waals surface area contributed by atoms with Crippen molar-refractivity contribution in [2.24, 2.45) is 0 Å². The van der Waals surface area contributed by atoms with E-state index in [-0.39, 0.29) is 0 Å². The molecule has 0 bridgehead atoms. The van der Waals surface area contributed by atoms with Crippen molar-refractivity contribution >= 4 is 73.6 Å². The lowest BCUT2D eigenvalue weighted by molar-refractivity contribution is 0.108. The first-order chi connectivity index (χ1) is 7.06. The zero-order chi connectivity index (χ0) is 11.4. The maximum absolute atomic E-state index is 11.0. The summed E-state index contributed by atoms with van der Waals surface area (Å²) in [7, 11) is 0. The van der Waals surface area contributed by atoms with Crippen molar-refractivity contribution in [2.45, 2.75) is 0 Å². The van der Waals surface area contributed by atoms with Crippen molar-refractivity contribution in [3.63, 3.8) is 0 Å². The molecule has 0 aliphatic heterocycles. The number of alkyl halides is 1. The van der Waals surface area contributed by atoms with E-state index in [9.17, 15) is 4.79 Å². The van der Waals surface area contributed by atoms with Crippen molar-refractivity contribution in [2.75, 3.05) is 12.5 Å². The van der Waals surface area contributed by atoms with Gasteiger partial charge >= 0.3 is 0 Å². The lowest BCUT2D eigenvalue weighted by atomic mass is 10.2. The number of carbonyl (C=O) groups excluding carboxylic acids is 1. The third kappa shape index (κ3) is 3.90. The Bertz CT molecular complexity index is 359. The van der Waals surface area contributed by atoms with E-state index in [1.54, 1.807) is 12.1 Å². The molecule has 0 saturated carbocycles. The van der Waals surface area contributed by atoms with Gasteiger partial charge in [0.1, 0.15) is 12.4 Å². The van der Waals surface area contributed by atoms with Gasteiger partial charge in [-0.25, -0.2) is 0 Å². The SMILES string of the molecule is O=C(Cl)c1cc(I)c(OCCCl)c(I)c1. The molecular weight excluding hydrogens is 465 g/mol. The van der Waals surface area contributed by atoms with Crippen molar-refractivity contribution in [1.82, 2.24) is 0 Å². The minimum Gasteiger partial charge on any atom is -0.490 e. The number of hydrogen-bond donors (Lipinski definition) is 0. The number of halogens is 4. The minimum atomic E-state index is -0.463. The third-order valence-electron chi connectivity index (χ3n) is 1.55. The maximum atomic E-state index is 11.0. The number of hydrogen-bond acceptors (Lipinski definition) is 2. The fraction of sp³-hybridized carbons (Fsp3) is 0.222. The summed E-state index contributed by atoms with van der Waals surface area (Å²) >= 11 is 15.1. The molecule has 0 aliphatic carbocycles. The van der Waals surface area contributed by atoms with Crippen LogP contribution in [0.4, 0.5) is 0 Å². The van der Waals surface area contributed by atoms with Crippen molar-refractivity contribution in [1.29, 1.82) is 0 Å². The van der Waals surface area contributed by atoms with Crippen LogP contribution in [0.3, 0.4) is 0 Å². The topological polar surface area (TPSA) is 26.3 Å². The molecule has 1 rings (SSSR count). The number of ether oxygens (including phenoxy) is 1. The van der Waals surface area contributed by atoms with Gasteiger partial charge in [0.25, 0.3) is 5.24 Å². The fourth-order valence-corrected chi connectivity index (χ4v) is 3.22. The molecule has 0 heterocycles. The molecule has 0 amide bonds. The summed E-state index contributed by atoms with van der Waals surface area (Å²) in [6.07, 6.45) is 0. The van der Waals surface area contributed by atoms with Crippen LogP contribution in [-0.2, 0) is 0 Å². The zero-order valence-electron chi connectivity index (χ0n) is 7.40. The Kier molecular flexibility index (Phi) is 5.94. The number of rotatable bonds is 4. The molecule has 0 unspecified atom stereocenters. The van der Waals surface area contributed by atoms with Gasteiger partial charge in [-0.3, -0.25) is 4.79 Å².